The number of nitrogens with zero attached hydrogens (tertiary/aromatic N) is 2. The average Bonchev–Trinajstić information content (AvgIpc) is 2.92. The van der Waals surface area contributed by atoms with Gasteiger partial charge >= 0.3 is 6.03 Å². The van der Waals surface area contributed by atoms with Crippen LogP contribution in [0.5, 0.6) is 0 Å². The number of nitrogens with one attached hydrogen (secondary N) is 2. The van der Waals surface area contributed by atoms with Gasteiger partial charge in [-0.05, 0) is 47.3 Å². The largest absolute Gasteiger partial charge is 0.343 e. The van der Waals surface area contributed by atoms with Gasteiger partial charge in [0.2, 0.25) is 0 Å². The molecular weight excluding hydrogens is 320 g/mol. The van der Waals surface area contributed by atoms with Crippen LogP contribution in [0.25, 0.3) is 0 Å². The lowest BCUT2D eigenvalue weighted by Crippen LogP contribution is -2.47. The summed E-state index contributed by atoms with van der Waals surface area (Å²) in [7, 11) is 1.71. The van der Waals surface area contributed by atoms with E-state index in [1.54, 1.807) is 7.05 Å². The Balaban J connectivity index is 2.07. The third-order valence-corrected chi connectivity index (χ3v) is 4.12. The molecule has 2 amide bonds. The Labute approximate surface area is 127 Å². The van der Waals surface area contributed by atoms with Crippen LogP contribution in [-0.2, 0) is 0 Å². The Hall–Kier alpha value is -1.56. The Bertz CT molecular complexity index is 506. The Kier molecular flexibility index (Phi) is 4.65. The van der Waals surface area contributed by atoms with Gasteiger partial charge in [0, 0.05) is 24.6 Å². The van der Waals surface area contributed by atoms with Gasteiger partial charge in [0.1, 0.15) is 0 Å². The SMILES string of the molecule is Cc1cccc(Br)c1N(C)C(=O)NC(=N)N1CCCC1. The number of carbonyl (C=O) groups excluding carboxylic acids is 1. The number of guanidine groups is 1. The van der Waals surface area contributed by atoms with Gasteiger partial charge in [0.25, 0.3) is 0 Å². The van der Waals surface area contributed by atoms with E-state index in [2.05, 4.69) is 21.2 Å². The van der Waals surface area contributed by atoms with E-state index in [1.165, 1.54) is 4.90 Å². The maximum atomic E-state index is 12.2. The molecule has 1 saturated heterocycles. The van der Waals surface area contributed by atoms with E-state index in [4.69, 9.17) is 5.41 Å². The molecule has 0 atom stereocenters. The molecule has 0 radical (unpaired) electrons. The van der Waals surface area contributed by atoms with Crippen molar-refractivity contribution in [3.8, 4) is 0 Å². The summed E-state index contributed by atoms with van der Waals surface area (Å²) in [5.41, 5.74) is 1.82. The van der Waals surface area contributed by atoms with E-state index in [0.717, 1.165) is 41.7 Å². The molecule has 0 bridgehead atoms. The predicted octanol–water partition coefficient (Wildman–Crippen LogP) is 2.93. The molecule has 20 heavy (non-hydrogen) atoms. The van der Waals surface area contributed by atoms with E-state index in [1.807, 2.05) is 30.0 Å². The highest BCUT2D eigenvalue weighted by Gasteiger charge is 2.20. The van der Waals surface area contributed by atoms with Crippen molar-refractivity contribution >= 4 is 33.6 Å². The molecule has 1 heterocycles. The van der Waals surface area contributed by atoms with Gasteiger partial charge in [-0.25, -0.2) is 4.79 Å². The van der Waals surface area contributed by atoms with Crippen molar-refractivity contribution in [1.82, 2.24) is 10.2 Å². The fraction of sp³-hybridized carbons (Fsp3) is 0.429. The van der Waals surface area contributed by atoms with Gasteiger partial charge < -0.3 is 4.90 Å². The summed E-state index contributed by atoms with van der Waals surface area (Å²) in [5, 5.41) is 10.6. The number of carbonyl (C=O) groups is 1. The predicted molar refractivity (Wildman–Crippen MR) is 84.3 cm³/mol. The van der Waals surface area contributed by atoms with E-state index in [-0.39, 0.29) is 12.0 Å². The number of hydrogen-bond acceptors (Lipinski definition) is 2. The number of para-hydroxylation sites is 1. The normalized spacial score (nSPS) is 14.2. The van der Waals surface area contributed by atoms with E-state index in [9.17, 15) is 4.79 Å². The van der Waals surface area contributed by atoms with Crippen LogP contribution in [0.3, 0.4) is 0 Å². The van der Waals surface area contributed by atoms with Crippen LogP contribution >= 0.6 is 15.9 Å². The number of rotatable bonds is 1. The molecule has 5 nitrogen and oxygen atoms in total. The van der Waals surface area contributed by atoms with Crippen LogP contribution in [-0.4, -0.2) is 37.0 Å². The zero-order valence-electron chi connectivity index (χ0n) is 11.7. The molecule has 1 aliphatic heterocycles. The number of likely N-dealkylation sites (tertiary alicyclic amines) is 1. The number of aryl methyl sites for hydroxylation is 1. The number of benzene rings is 1. The first-order chi connectivity index (χ1) is 9.50. The molecule has 1 fully saturated rings. The van der Waals surface area contributed by atoms with Crippen molar-refractivity contribution in [3.63, 3.8) is 0 Å². The lowest BCUT2D eigenvalue weighted by molar-refractivity contribution is 0.250. The second kappa shape index (κ2) is 6.26. The standard InChI is InChI=1S/C14H19BrN4O/c1-10-6-5-7-11(15)12(10)18(2)14(20)17-13(16)19-8-3-4-9-19/h5-7H,3-4,8-9H2,1-2H3,(H2,16,17,20). The van der Waals surface area contributed by atoms with E-state index < -0.39 is 0 Å². The summed E-state index contributed by atoms with van der Waals surface area (Å²) in [5.74, 6) is 0.184. The lowest BCUT2D eigenvalue weighted by atomic mass is 10.2. The zero-order chi connectivity index (χ0) is 14.7. The molecule has 2 rings (SSSR count). The van der Waals surface area contributed by atoms with Crippen molar-refractivity contribution in [1.29, 1.82) is 5.41 Å². The highest BCUT2D eigenvalue weighted by atomic mass is 79.9. The monoisotopic (exact) mass is 338 g/mol. The minimum Gasteiger partial charge on any atom is -0.343 e. The number of halogens is 1. The summed E-state index contributed by atoms with van der Waals surface area (Å²) in [6.45, 7) is 3.64. The minimum atomic E-state index is -0.295. The van der Waals surface area contributed by atoms with Gasteiger partial charge in [-0.15, -0.1) is 0 Å². The molecular formula is C14H19BrN4O. The maximum Gasteiger partial charge on any atom is 0.328 e. The molecule has 1 aromatic rings. The fourth-order valence-electron chi connectivity index (χ4n) is 2.35. The summed E-state index contributed by atoms with van der Waals surface area (Å²) in [6, 6.07) is 5.49. The summed E-state index contributed by atoms with van der Waals surface area (Å²) in [6.07, 6.45) is 2.16. The van der Waals surface area contributed by atoms with Gasteiger partial charge in [-0.3, -0.25) is 15.6 Å². The topological polar surface area (TPSA) is 59.4 Å². The van der Waals surface area contributed by atoms with Gasteiger partial charge in [-0.1, -0.05) is 12.1 Å². The van der Waals surface area contributed by atoms with Crippen molar-refractivity contribution in [3.05, 3.63) is 28.2 Å². The first-order valence-electron chi connectivity index (χ1n) is 6.64. The van der Waals surface area contributed by atoms with Crippen molar-refractivity contribution in [2.24, 2.45) is 0 Å². The molecule has 0 spiro atoms. The number of amides is 2. The molecule has 0 unspecified atom stereocenters. The molecule has 0 aromatic heterocycles. The van der Waals surface area contributed by atoms with Crippen LogP contribution in [0.4, 0.5) is 10.5 Å². The molecule has 108 valence electrons. The van der Waals surface area contributed by atoms with Crippen molar-refractivity contribution < 1.29 is 4.79 Å². The van der Waals surface area contributed by atoms with E-state index in [0.29, 0.717) is 0 Å². The Morgan fingerprint density at radius 2 is 2.05 bits per heavy atom. The maximum absolute atomic E-state index is 12.2. The van der Waals surface area contributed by atoms with Gasteiger partial charge in [0.05, 0.1) is 5.69 Å². The minimum absolute atomic E-state index is 0.184. The van der Waals surface area contributed by atoms with Crippen molar-refractivity contribution in [2.45, 2.75) is 19.8 Å². The second-order valence-electron chi connectivity index (χ2n) is 4.94. The Morgan fingerprint density at radius 3 is 2.65 bits per heavy atom. The first kappa shape index (κ1) is 14.8. The number of anilines is 1. The van der Waals surface area contributed by atoms with Gasteiger partial charge in [0.15, 0.2) is 5.96 Å². The molecule has 0 saturated carbocycles. The Morgan fingerprint density at radius 1 is 1.40 bits per heavy atom. The lowest BCUT2D eigenvalue weighted by Gasteiger charge is -2.24. The quantitative estimate of drug-likeness (QED) is 0.610. The molecule has 0 aliphatic carbocycles. The van der Waals surface area contributed by atoms with Crippen LogP contribution in [0.1, 0.15) is 18.4 Å². The second-order valence-corrected chi connectivity index (χ2v) is 5.79. The summed E-state index contributed by atoms with van der Waals surface area (Å²) >= 11 is 3.46. The summed E-state index contributed by atoms with van der Waals surface area (Å²) < 4.78 is 0.864. The molecule has 2 N–H and O–H groups in total. The number of hydrogen-bond donors (Lipinski definition) is 2. The highest BCUT2D eigenvalue weighted by Crippen LogP contribution is 2.28. The van der Waals surface area contributed by atoms with Crippen LogP contribution < -0.4 is 10.2 Å². The molecule has 6 heteroatoms. The van der Waals surface area contributed by atoms with E-state index >= 15 is 0 Å². The first-order valence-corrected chi connectivity index (χ1v) is 7.43. The third-order valence-electron chi connectivity index (χ3n) is 3.48. The highest BCUT2D eigenvalue weighted by molar-refractivity contribution is 9.10. The van der Waals surface area contributed by atoms with Crippen LogP contribution in [0.15, 0.2) is 22.7 Å². The molecule has 1 aliphatic rings. The third kappa shape index (κ3) is 3.12. The molecule has 1 aromatic carbocycles. The zero-order valence-corrected chi connectivity index (χ0v) is 13.3. The summed E-state index contributed by atoms with van der Waals surface area (Å²) in [4.78, 5) is 15.7. The van der Waals surface area contributed by atoms with Crippen LogP contribution in [0.2, 0.25) is 0 Å². The van der Waals surface area contributed by atoms with Gasteiger partial charge in [-0.2, -0.15) is 0 Å². The van der Waals surface area contributed by atoms with Crippen molar-refractivity contribution in [2.75, 3.05) is 25.0 Å². The average molecular weight is 339 g/mol. The number of urea groups is 1. The smallest absolute Gasteiger partial charge is 0.328 e. The van der Waals surface area contributed by atoms with Crippen LogP contribution in [0, 0.1) is 12.3 Å². The fourth-order valence-corrected chi connectivity index (χ4v) is 3.09.